The molecule has 0 spiro atoms. The van der Waals surface area contributed by atoms with Crippen molar-refractivity contribution in [2.75, 3.05) is 7.11 Å². The van der Waals surface area contributed by atoms with Crippen LogP contribution in [0.3, 0.4) is 0 Å². The number of benzene rings is 1. The van der Waals surface area contributed by atoms with Crippen molar-refractivity contribution in [3.05, 3.63) is 30.0 Å². The highest BCUT2D eigenvalue weighted by Gasteiger charge is 2.35. The average molecular weight is 276 g/mol. The minimum absolute atomic E-state index is 0.487. The maximum atomic E-state index is 10.6. The van der Waals surface area contributed by atoms with Crippen molar-refractivity contribution >= 4 is 10.9 Å². The van der Waals surface area contributed by atoms with Gasteiger partial charge in [-0.1, -0.05) is 32.0 Å². The summed E-state index contributed by atoms with van der Waals surface area (Å²) in [6, 6.07) is 8.10. The standard InChI is InChI=1S/C16H24N2O2/c1-5-16(6-2,20-4)15(19)11-13-12-9-7-8-10-14(12)18(3)17-13/h7-10,15,19H,5-6,11H2,1-4H3. The summed E-state index contributed by atoms with van der Waals surface area (Å²) in [7, 11) is 3.61. The highest BCUT2D eigenvalue weighted by molar-refractivity contribution is 5.81. The van der Waals surface area contributed by atoms with Crippen LogP contribution in [0.2, 0.25) is 0 Å². The Morgan fingerprint density at radius 3 is 2.55 bits per heavy atom. The summed E-state index contributed by atoms with van der Waals surface area (Å²) in [5, 5.41) is 16.3. The number of aromatic nitrogens is 2. The lowest BCUT2D eigenvalue weighted by molar-refractivity contribution is -0.107. The molecule has 110 valence electrons. The molecular formula is C16H24N2O2. The molecule has 2 rings (SSSR count). The molecule has 1 atom stereocenters. The first kappa shape index (κ1) is 15.0. The first-order valence-electron chi connectivity index (χ1n) is 7.21. The molecule has 0 fully saturated rings. The predicted molar refractivity (Wildman–Crippen MR) is 80.7 cm³/mol. The molecule has 0 radical (unpaired) electrons. The van der Waals surface area contributed by atoms with Gasteiger partial charge in [-0.25, -0.2) is 0 Å². The fourth-order valence-electron chi connectivity index (χ4n) is 2.95. The minimum atomic E-state index is -0.555. The third-order valence-electron chi connectivity index (χ3n) is 4.43. The van der Waals surface area contributed by atoms with Crippen LogP contribution in [0.1, 0.15) is 32.4 Å². The van der Waals surface area contributed by atoms with Crippen molar-refractivity contribution in [1.29, 1.82) is 0 Å². The van der Waals surface area contributed by atoms with E-state index in [-0.39, 0.29) is 0 Å². The molecule has 0 saturated carbocycles. The fourth-order valence-corrected chi connectivity index (χ4v) is 2.95. The van der Waals surface area contributed by atoms with Gasteiger partial charge in [0.25, 0.3) is 0 Å². The summed E-state index contributed by atoms with van der Waals surface area (Å²) < 4.78 is 7.47. The van der Waals surface area contributed by atoms with Gasteiger partial charge in [-0.05, 0) is 18.9 Å². The second-order valence-corrected chi connectivity index (χ2v) is 5.28. The van der Waals surface area contributed by atoms with Crippen LogP contribution in [0.4, 0.5) is 0 Å². The van der Waals surface area contributed by atoms with Crippen LogP contribution >= 0.6 is 0 Å². The van der Waals surface area contributed by atoms with Crippen LogP contribution in [0.25, 0.3) is 10.9 Å². The molecule has 4 heteroatoms. The molecule has 0 saturated heterocycles. The number of aliphatic hydroxyl groups is 1. The fraction of sp³-hybridized carbons (Fsp3) is 0.562. The van der Waals surface area contributed by atoms with Crippen LogP contribution < -0.4 is 0 Å². The van der Waals surface area contributed by atoms with Crippen molar-refractivity contribution in [2.24, 2.45) is 7.05 Å². The second kappa shape index (κ2) is 5.94. The van der Waals surface area contributed by atoms with Gasteiger partial charge in [0.05, 0.1) is 22.9 Å². The topological polar surface area (TPSA) is 47.3 Å². The van der Waals surface area contributed by atoms with Crippen molar-refractivity contribution in [3.8, 4) is 0 Å². The zero-order valence-corrected chi connectivity index (χ0v) is 12.8. The number of ether oxygens (including phenoxy) is 1. The molecule has 1 N–H and O–H groups in total. The van der Waals surface area contributed by atoms with E-state index in [4.69, 9.17) is 4.74 Å². The molecule has 0 bridgehead atoms. The Balaban J connectivity index is 2.32. The Hall–Kier alpha value is -1.39. The zero-order valence-electron chi connectivity index (χ0n) is 12.8. The summed E-state index contributed by atoms with van der Waals surface area (Å²) in [6.07, 6.45) is 1.52. The number of para-hydroxylation sites is 1. The highest BCUT2D eigenvalue weighted by atomic mass is 16.5. The minimum Gasteiger partial charge on any atom is -0.390 e. The van der Waals surface area contributed by atoms with Gasteiger partial charge in [-0.15, -0.1) is 0 Å². The van der Waals surface area contributed by atoms with E-state index in [9.17, 15) is 5.11 Å². The Labute approximate surface area is 120 Å². The van der Waals surface area contributed by atoms with Crippen LogP contribution in [0.5, 0.6) is 0 Å². The van der Waals surface area contributed by atoms with Crippen molar-refractivity contribution in [3.63, 3.8) is 0 Å². The van der Waals surface area contributed by atoms with E-state index in [1.165, 1.54) is 0 Å². The van der Waals surface area contributed by atoms with Crippen LogP contribution in [0, 0.1) is 0 Å². The van der Waals surface area contributed by atoms with Gasteiger partial charge >= 0.3 is 0 Å². The lowest BCUT2D eigenvalue weighted by Crippen LogP contribution is -2.44. The van der Waals surface area contributed by atoms with E-state index in [1.807, 2.05) is 43.8 Å². The Bertz CT molecular complexity index is 565. The van der Waals surface area contributed by atoms with E-state index in [1.54, 1.807) is 7.11 Å². The van der Waals surface area contributed by atoms with E-state index >= 15 is 0 Å². The van der Waals surface area contributed by atoms with Gasteiger partial charge < -0.3 is 9.84 Å². The SMILES string of the molecule is CCC(CC)(OC)C(O)Cc1nn(C)c2ccccc12. The van der Waals surface area contributed by atoms with E-state index in [2.05, 4.69) is 11.2 Å². The van der Waals surface area contributed by atoms with Crippen LogP contribution in [-0.4, -0.2) is 33.7 Å². The number of nitrogens with zero attached hydrogens (tertiary/aromatic N) is 2. The number of aliphatic hydroxyl groups excluding tert-OH is 1. The molecule has 2 aromatic rings. The first-order valence-corrected chi connectivity index (χ1v) is 7.21. The van der Waals surface area contributed by atoms with Gasteiger partial charge in [0.2, 0.25) is 0 Å². The lowest BCUT2D eigenvalue weighted by atomic mass is 9.87. The molecular weight excluding hydrogens is 252 g/mol. The number of rotatable bonds is 6. The first-order chi connectivity index (χ1) is 9.57. The summed E-state index contributed by atoms with van der Waals surface area (Å²) in [4.78, 5) is 0. The van der Waals surface area contributed by atoms with Gasteiger partial charge in [-0.2, -0.15) is 5.10 Å². The molecule has 0 aliphatic rings. The third-order valence-corrected chi connectivity index (χ3v) is 4.43. The Morgan fingerprint density at radius 2 is 1.95 bits per heavy atom. The maximum Gasteiger partial charge on any atom is 0.0935 e. The van der Waals surface area contributed by atoms with Crippen LogP contribution in [-0.2, 0) is 18.2 Å². The smallest absolute Gasteiger partial charge is 0.0935 e. The van der Waals surface area contributed by atoms with Gasteiger partial charge in [-0.3, -0.25) is 4.68 Å². The summed E-state index contributed by atoms with van der Waals surface area (Å²) in [6.45, 7) is 4.10. The largest absolute Gasteiger partial charge is 0.390 e. The van der Waals surface area contributed by atoms with E-state index < -0.39 is 11.7 Å². The molecule has 0 amide bonds. The zero-order chi connectivity index (χ0) is 14.8. The van der Waals surface area contributed by atoms with Crippen molar-refractivity contribution in [1.82, 2.24) is 9.78 Å². The number of methoxy groups -OCH3 is 1. The summed E-state index contributed by atoms with van der Waals surface area (Å²) in [5.41, 5.74) is 1.53. The molecule has 1 unspecified atom stereocenters. The van der Waals surface area contributed by atoms with Gasteiger partial charge in [0.1, 0.15) is 0 Å². The maximum absolute atomic E-state index is 10.6. The normalized spacial score (nSPS) is 13.8. The summed E-state index contributed by atoms with van der Waals surface area (Å²) >= 11 is 0. The van der Waals surface area contributed by atoms with Gasteiger partial charge in [0, 0.05) is 26.0 Å². The summed E-state index contributed by atoms with van der Waals surface area (Å²) in [5.74, 6) is 0. The monoisotopic (exact) mass is 276 g/mol. The second-order valence-electron chi connectivity index (χ2n) is 5.28. The molecule has 4 nitrogen and oxygen atoms in total. The average Bonchev–Trinajstić information content (AvgIpc) is 2.79. The predicted octanol–water partition coefficient (Wildman–Crippen LogP) is 2.68. The molecule has 0 aliphatic heterocycles. The van der Waals surface area contributed by atoms with E-state index in [0.29, 0.717) is 6.42 Å². The van der Waals surface area contributed by atoms with Gasteiger partial charge in [0.15, 0.2) is 0 Å². The van der Waals surface area contributed by atoms with Crippen LogP contribution in [0.15, 0.2) is 24.3 Å². The molecule has 1 aromatic carbocycles. The molecule has 0 aliphatic carbocycles. The number of aryl methyl sites for hydroxylation is 1. The number of hydrogen-bond acceptors (Lipinski definition) is 3. The van der Waals surface area contributed by atoms with Crippen molar-refractivity contribution < 1.29 is 9.84 Å². The Kier molecular flexibility index (Phi) is 4.45. The number of hydrogen-bond donors (Lipinski definition) is 1. The highest BCUT2D eigenvalue weighted by Crippen LogP contribution is 2.28. The molecule has 1 aromatic heterocycles. The quantitative estimate of drug-likeness (QED) is 0.882. The lowest BCUT2D eigenvalue weighted by Gasteiger charge is -2.35. The molecule has 20 heavy (non-hydrogen) atoms. The Morgan fingerprint density at radius 1 is 1.30 bits per heavy atom. The third kappa shape index (κ3) is 2.45. The molecule has 1 heterocycles. The number of fused-ring (bicyclic) bond motifs is 1. The van der Waals surface area contributed by atoms with Crippen molar-refractivity contribution in [2.45, 2.75) is 44.8 Å². The van der Waals surface area contributed by atoms with E-state index in [0.717, 1.165) is 29.4 Å².